The van der Waals surface area contributed by atoms with Crippen molar-refractivity contribution in [2.45, 2.75) is 19.3 Å². The molecule has 4 heteroatoms. The third kappa shape index (κ3) is 2.48. The van der Waals surface area contributed by atoms with E-state index in [9.17, 15) is 9.18 Å². The van der Waals surface area contributed by atoms with Crippen molar-refractivity contribution in [3.63, 3.8) is 0 Å². The summed E-state index contributed by atoms with van der Waals surface area (Å²) in [6.07, 6.45) is 2.90. The Balaban J connectivity index is 1.85. The average Bonchev–Trinajstić information content (AvgIpc) is 2.78. The van der Waals surface area contributed by atoms with Gasteiger partial charge in [0.25, 0.3) is 0 Å². The third-order valence-electron chi connectivity index (χ3n) is 3.46. The van der Waals surface area contributed by atoms with Gasteiger partial charge in [-0.05, 0) is 25.8 Å². The van der Waals surface area contributed by atoms with Crippen molar-refractivity contribution < 1.29 is 9.18 Å². The van der Waals surface area contributed by atoms with Gasteiger partial charge < -0.3 is 10.2 Å². The molecule has 0 aromatic rings. The number of hydrogen-bond acceptors (Lipinski definition) is 2. The Morgan fingerprint density at radius 1 is 1.47 bits per heavy atom. The third-order valence-corrected chi connectivity index (χ3v) is 3.46. The molecule has 3 nitrogen and oxygen atoms in total. The summed E-state index contributed by atoms with van der Waals surface area (Å²) in [5, 5.41) is 3.24. The van der Waals surface area contributed by atoms with Crippen LogP contribution in [0.15, 0.2) is 0 Å². The summed E-state index contributed by atoms with van der Waals surface area (Å²) in [6, 6.07) is 0. The number of rotatable bonds is 2. The fraction of sp³-hybridized carbons (Fsp3) is 0.909. The highest BCUT2D eigenvalue weighted by molar-refractivity contribution is 5.79. The molecule has 0 saturated carbocycles. The molecule has 2 aliphatic rings. The standard InChI is InChI=1S/C11H19FN2O/c12-6-9-3-5-14(8-9)11(15)10-2-1-4-13-7-10/h9-10,13H,1-8H2/t9-,10+/m1/s1. The zero-order valence-electron chi connectivity index (χ0n) is 9.04. The van der Waals surface area contributed by atoms with Crippen LogP contribution in [0.25, 0.3) is 0 Å². The molecule has 0 spiro atoms. The number of halogens is 1. The molecule has 2 fully saturated rings. The maximum Gasteiger partial charge on any atom is 0.226 e. The monoisotopic (exact) mass is 214 g/mol. The van der Waals surface area contributed by atoms with E-state index in [4.69, 9.17) is 0 Å². The van der Waals surface area contributed by atoms with Crippen molar-refractivity contribution in [3.8, 4) is 0 Å². The van der Waals surface area contributed by atoms with E-state index in [0.29, 0.717) is 6.54 Å². The van der Waals surface area contributed by atoms with Gasteiger partial charge in [0.1, 0.15) is 0 Å². The summed E-state index contributed by atoms with van der Waals surface area (Å²) in [5.74, 6) is 0.459. The summed E-state index contributed by atoms with van der Waals surface area (Å²) in [7, 11) is 0. The van der Waals surface area contributed by atoms with Crippen LogP contribution in [0.5, 0.6) is 0 Å². The molecule has 2 atom stereocenters. The number of alkyl halides is 1. The number of carbonyl (C=O) groups is 1. The van der Waals surface area contributed by atoms with Gasteiger partial charge in [-0.3, -0.25) is 9.18 Å². The van der Waals surface area contributed by atoms with Gasteiger partial charge in [0.2, 0.25) is 5.91 Å². The Morgan fingerprint density at radius 2 is 2.33 bits per heavy atom. The Labute approximate surface area is 90.0 Å². The normalized spacial score (nSPS) is 31.9. The Bertz CT molecular complexity index is 229. The highest BCUT2D eigenvalue weighted by atomic mass is 19.1. The van der Waals surface area contributed by atoms with Crippen molar-refractivity contribution in [1.29, 1.82) is 0 Å². The van der Waals surface area contributed by atoms with Crippen LogP contribution in [0.1, 0.15) is 19.3 Å². The molecule has 0 radical (unpaired) electrons. The SMILES string of the molecule is O=C([C@H]1CCCNC1)N1CC[C@H](CF)C1. The minimum Gasteiger partial charge on any atom is -0.342 e. The van der Waals surface area contributed by atoms with Gasteiger partial charge in [0.05, 0.1) is 12.6 Å². The summed E-state index contributed by atoms with van der Waals surface area (Å²) in [6.45, 7) is 2.93. The lowest BCUT2D eigenvalue weighted by atomic mass is 9.98. The number of nitrogens with zero attached hydrogens (tertiary/aromatic N) is 1. The number of nitrogens with one attached hydrogen (secondary N) is 1. The smallest absolute Gasteiger partial charge is 0.226 e. The lowest BCUT2D eigenvalue weighted by Gasteiger charge is -2.26. The van der Waals surface area contributed by atoms with Gasteiger partial charge in [-0.15, -0.1) is 0 Å². The zero-order valence-corrected chi connectivity index (χ0v) is 9.04. The molecule has 1 N–H and O–H groups in total. The summed E-state index contributed by atoms with van der Waals surface area (Å²) in [5.41, 5.74) is 0. The molecule has 15 heavy (non-hydrogen) atoms. The number of likely N-dealkylation sites (tertiary alicyclic amines) is 1. The lowest BCUT2D eigenvalue weighted by Crippen LogP contribution is -2.42. The Kier molecular flexibility index (Phi) is 3.57. The van der Waals surface area contributed by atoms with Gasteiger partial charge in [-0.25, -0.2) is 0 Å². The van der Waals surface area contributed by atoms with E-state index in [1.165, 1.54) is 0 Å². The first kappa shape index (κ1) is 10.9. The van der Waals surface area contributed by atoms with Crippen LogP contribution in [-0.2, 0) is 4.79 Å². The molecule has 0 bridgehead atoms. The topological polar surface area (TPSA) is 32.3 Å². The van der Waals surface area contributed by atoms with Gasteiger partial charge in [-0.1, -0.05) is 0 Å². The van der Waals surface area contributed by atoms with E-state index in [1.54, 1.807) is 0 Å². The fourth-order valence-corrected chi connectivity index (χ4v) is 2.48. The average molecular weight is 214 g/mol. The second-order valence-corrected chi connectivity index (χ2v) is 4.64. The number of piperidine rings is 1. The van der Waals surface area contributed by atoms with Crippen LogP contribution >= 0.6 is 0 Å². The molecule has 2 rings (SSSR count). The van der Waals surface area contributed by atoms with E-state index in [1.807, 2.05) is 4.90 Å². The van der Waals surface area contributed by atoms with Crippen LogP contribution in [0.3, 0.4) is 0 Å². The van der Waals surface area contributed by atoms with Crippen LogP contribution in [-0.4, -0.2) is 43.7 Å². The predicted octanol–water partition coefficient (Wildman–Crippen LogP) is 0.804. The van der Waals surface area contributed by atoms with E-state index >= 15 is 0 Å². The first-order chi connectivity index (χ1) is 7.31. The first-order valence-electron chi connectivity index (χ1n) is 5.86. The zero-order chi connectivity index (χ0) is 10.7. The first-order valence-corrected chi connectivity index (χ1v) is 5.86. The van der Waals surface area contributed by atoms with Gasteiger partial charge >= 0.3 is 0 Å². The second-order valence-electron chi connectivity index (χ2n) is 4.64. The molecule has 2 heterocycles. The highest BCUT2D eigenvalue weighted by Gasteiger charge is 2.31. The van der Waals surface area contributed by atoms with E-state index in [0.717, 1.165) is 38.9 Å². The van der Waals surface area contributed by atoms with Crippen molar-refractivity contribution in [2.24, 2.45) is 11.8 Å². The quantitative estimate of drug-likeness (QED) is 0.737. The van der Waals surface area contributed by atoms with E-state index in [-0.39, 0.29) is 24.4 Å². The lowest BCUT2D eigenvalue weighted by molar-refractivity contribution is -0.135. The van der Waals surface area contributed by atoms with Crippen molar-refractivity contribution in [1.82, 2.24) is 10.2 Å². The van der Waals surface area contributed by atoms with Gasteiger partial charge in [-0.2, -0.15) is 0 Å². The largest absolute Gasteiger partial charge is 0.342 e. The van der Waals surface area contributed by atoms with Crippen LogP contribution in [0.4, 0.5) is 4.39 Å². The number of hydrogen-bond donors (Lipinski definition) is 1. The predicted molar refractivity (Wildman–Crippen MR) is 56.3 cm³/mol. The number of amides is 1. The number of carbonyl (C=O) groups excluding carboxylic acids is 1. The molecular weight excluding hydrogens is 195 g/mol. The van der Waals surface area contributed by atoms with Crippen LogP contribution < -0.4 is 5.32 Å². The minimum atomic E-state index is -0.285. The molecule has 2 aliphatic heterocycles. The van der Waals surface area contributed by atoms with E-state index in [2.05, 4.69) is 5.32 Å². The van der Waals surface area contributed by atoms with E-state index < -0.39 is 0 Å². The molecule has 1 amide bonds. The molecule has 0 aliphatic carbocycles. The fourth-order valence-electron chi connectivity index (χ4n) is 2.48. The second kappa shape index (κ2) is 4.92. The summed E-state index contributed by atoms with van der Waals surface area (Å²) >= 11 is 0. The molecule has 86 valence electrons. The maximum absolute atomic E-state index is 12.4. The molecule has 2 saturated heterocycles. The van der Waals surface area contributed by atoms with Crippen LogP contribution in [0, 0.1) is 11.8 Å². The van der Waals surface area contributed by atoms with Crippen molar-refractivity contribution in [2.75, 3.05) is 32.9 Å². The summed E-state index contributed by atoms with van der Waals surface area (Å²) in [4.78, 5) is 13.9. The van der Waals surface area contributed by atoms with Gasteiger partial charge in [0.15, 0.2) is 0 Å². The molecule has 0 unspecified atom stereocenters. The maximum atomic E-state index is 12.4. The van der Waals surface area contributed by atoms with Crippen LogP contribution in [0.2, 0.25) is 0 Å². The molecular formula is C11H19FN2O. The van der Waals surface area contributed by atoms with Crippen molar-refractivity contribution >= 4 is 5.91 Å². The Morgan fingerprint density at radius 3 is 2.93 bits per heavy atom. The van der Waals surface area contributed by atoms with Crippen molar-refractivity contribution in [3.05, 3.63) is 0 Å². The molecule has 0 aromatic carbocycles. The highest BCUT2D eigenvalue weighted by Crippen LogP contribution is 2.21. The summed E-state index contributed by atoms with van der Waals surface area (Å²) < 4.78 is 12.4. The molecule has 0 aromatic heterocycles. The Hall–Kier alpha value is -0.640. The minimum absolute atomic E-state index is 0.0884. The van der Waals surface area contributed by atoms with Gasteiger partial charge in [0, 0.05) is 25.6 Å².